The first kappa shape index (κ1) is 17.9. The molecule has 9 nitrogen and oxygen atoms in total. The van der Waals surface area contributed by atoms with Gasteiger partial charge < -0.3 is 16.2 Å². The molecule has 2 aliphatic rings. The number of hydrogen-bond donors (Lipinski definition) is 3. The molecule has 0 spiro atoms. The molecular formula is C20H24N8O. The van der Waals surface area contributed by atoms with Crippen LogP contribution >= 0.6 is 0 Å². The molecule has 2 saturated carbocycles. The molecule has 29 heavy (non-hydrogen) atoms. The number of nitrogens with two attached hydrogens (primary N) is 1. The van der Waals surface area contributed by atoms with E-state index in [1.165, 1.54) is 0 Å². The highest BCUT2D eigenvalue weighted by Crippen LogP contribution is 2.44. The van der Waals surface area contributed by atoms with E-state index in [-0.39, 0.29) is 12.1 Å². The number of nitrogens with zero attached hydrogens (tertiary/aromatic N) is 6. The van der Waals surface area contributed by atoms with Gasteiger partial charge in [0.25, 0.3) is 0 Å². The van der Waals surface area contributed by atoms with Crippen LogP contribution in [0.5, 0.6) is 0 Å². The fraction of sp³-hybridized carbons (Fsp3) is 0.500. The molecule has 0 saturated heterocycles. The number of aryl methyl sites for hydroxylation is 1. The van der Waals surface area contributed by atoms with Gasteiger partial charge in [0.05, 0.1) is 23.5 Å². The summed E-state index contributed by atoms with van der Waals surface area (Å²) in [6, 6.07) is 4.13. The molecule has 0 unspecified atom stereocenters. The minimum atomic E-state index is -0.195. The van der Waals surface area contributed by atoms with Crippen LogP contribution in [0.3, 0.4) is 0 Å². The standard InChI is InChI=1S/C20H24N8O/c1-12-16(13-2-3-13)19-24-18(15(10-21)17(22)28(19)25-12)23-8-4-14-5-9-27(26-14)20(11-29)6-7-20/h5,9,13,29H,2-4,6-8,11,22H2,1H3,(H,23,24). The van der Waals surface area contributed by atoms with Crippen LogP contribution in [0.2, 0.25) is 0 Å². The maximum absolute atomic E-state index is 9.61. The van der Waals surface area contributed by atoms with Crippen molar-refractivity contribution in [3.05, 3.63) is 34.8 Å². The summed E-state index contributed by atoms with van der Waals surface area (Å²) in [7, 11) is 0. The van der Waals surface area contributed by atoms with Gasteiger partial charge in [0.15, 0.2) is 5.65 Å². The lowest BCUT2D eigenvalue weighted by atomic mass is 10.1. The third-order valence-electron chi connectivity index (χ3n) is 6.04. The van der Waals surface area contributed by atoms with Crippen LogP contribution in [-0.4, -0.2) is 42.6 Å². The van der Waals surface area contributed by atoms with Crippen LogP contribution in [0.15, 0.2) is 12.3 Å². The number of aliphatic hydroxyl groups excluding tert-OH is 1. The summed E-state index contributed by atoms with van der Waals surface area (Å²) in [5.41, 5.74) is 10.1. The molecule has 0 aromatic carbocycles. The van der Waals surface area contributed by atoms with Crippen LogP contribution in [0.25, 0.3) is 5.65 Å². The third-order valence-corrected chi connectivity index (χ3v) is 6.04. The van der Waals surface area contributed by atoms with Crippen LogP contribution in [0.1, 0.15) is 54.1 Å². The maximum atomic E-state index is 9.61. The summed E-state index contributed by atoms with van der Waals surface area (Å²) in [4.78, 5) is 4.72. The monoisotopic (exact) mass is 392 g/mol. The van der Waals surface area contributed by atoms with Gasteiger partial charge in [0.2, 0.25) is 0 Å². The predicted molar refractivity (Wildman–Crippen MR) is 108 cm³/mol. The molecule has 0 bridgehead atoms. The summed E-state index contributed by atoms with van der Waals surface area (Å²) >= 11 is 0. The van der Waals surface area contributed by atoms with E-state index >= 15 is 0 Å². The summed E-state index contributed by atoms with van der Waals surface area (Å²) in [5.74, 6) is 1.30. The molecule has 2 aliphatic carbocycles. The first-order valence-corrected chi connectivity index (χ1v) is 10.0. The zero-order valence-electron chi connectivity index (χ0n) is 16.4. The van der Waals surface area contributed by atoms with Crippen LogP contribution in [-0.2, 0) is 12.0 Å². The molecule has 0 atom stereocenters. The van der Waals surface area contributed by atoms with E-state index < -0.39 is 0 Å². The van der Waals surface area contributed by atoms with Gasteiger partial charge in [-0.1, -0.05) is 0 Å². The Morgan fingerprint density at radius 1 is 1.38 bits per heavy atom. The Hall–Kier alpha value is -3.12. The minimum absolute atomic E-state index is 0.120. The first-order valence-electron chi connectivity index (χ1n) is 10.0. The largest absolute Gasteiger partial charge is 0.394 e. The molecule has 0 radical (unpaired) electrons. The Morgan fingerprint density at radius 2 is 2.17 bits per heavy atom. The van der Waals surface area contributed by atoms with E-state index in [0.717, 1.165) is 48.3 Å². The summed E-state index contributed by atoms with van der Waals surface area (Å²) in [6.07, 6.45) is 6.82. The smallest absolute Gasteiger partial charge is 0.163 e. The quantitative estimate of drug-likeness (QED) is 0.558. The fourth-order valence-corrected chi connectivity index (χ4v) is 3.95. The zero-order valence-corrected chi connectivity index (χ0v) is 16.4. The van der Waals surface area contributed by atoms with Crippen molar-refractivity contribution in [1.29, 1.82) is 5.26 Å². The Kier molecular flexibility index (Phi) is 3.99. The highest BCUT2D eigenvalue weighted by Gasteiger charge is 2.44. The number of anilines is 2. The highest BCUT2D eigenvalue weighted by atomic mass is 16.3. The summed E-state index contributed by atoms with van der Waals surface area (Å²) in [5, 5.41) is 31.5. The second kappa shape index (κ2) is 6.46. The normalized spacial score (nSPS) is 17.4. The molecule has 2 fully saturated rings. The molecule has 9 heteroatoms. The number of nitrogens with one attached hydrogen (secondary N) is 1. The van der Waals surface area contributed by atoms with E-state index in [0.29, 0.717) is 36.1 Å². The van der Waals surface area contributed by atoms with Crippen molar-refractivity contribution in [2.24, 2.45) is 0 Å². The van der Waals surface area contributed by atoms with Gasteiger partial charge in [-0.2, -0.15) is 20.0 Å². The van der Waals surface area contributed by atoms with Crippen molar-refractivity contribution in [1.82, 2.24) is 24.4 Å². The fourth-order valence-electron chi connectivity index (χ4n) is 3.95. The van der Waals surface area contributed by atoms with Gasteiger partial charge in [-0.15, -0.1) is 0 Å². The number of nitrogen functional groups attached to an aromatic ring is 1. The lowest BCUT2D eigenvalue weighted by molar-refractivity contribution is 0.202. The van der Waals surface area contributed by atoms with Crippen LogP contribution < -0.4 is 11.1 Å². The summed E-state index contributed by atoms with van der Waals surface area (Å²) < 4.78 is 3.47. The van der Waals surface area contributed by atoms with E-state index in [9.17, 15) is 10.4 Å². The SMILES string of the molecule is Cc1nn2c(N)c(C#N)c(NCCc3ccn(C4(CO)CC4)n3)nc2c1C1CC1. The second-order valence-electron chi connectivity index (χ2n) is 8.15. The van der Waals surface area contributed by atoms with E-state index in [2.05, 4.69) is 21.6 Å². The Bertz CT molecular complexity index is 1130. The van der Waals surface area contributed by atoms with Crippen molar-refractivity contribution in [2.75, 3.05) is 24.2 Å². The van der Waals surface area contributed by atoms with Gasteiger partial charge in [-0.3, -0.25) is 4.68 Å². The molecule has 3 heterocycles. The van der Waals surface area contributed by atoms with Gasteiger partial charge in [0, 0.05) is 24.7 Å². The van der Waals surface area contributed by atoms with Crippen molar-refractivity contribution < 1.29 is 5.11 Å². The van der Waals surface area contributed by atoms with E-state index in [1.807, 2.05) is 23.9 Å². The predicted octanol–water partition coefficient (Wildman–Crippen LogP) is 1.70. The molecule has 3 aromatic rings. The molecule has 5 rings (SSSR count). The van der Waals surface area contributed by atoms with Crippen LogP contribution in [0, 0.1) is 18.3 Å². The second-order valence-corrected chi connectivity index (χ2v) is 8.15. The number of hydrogen-bond acceptors (Lipinski definition) is 7. The Labute approximate surface area is 168 Å². The van der Waals surface area contributed by atoms with Gasteiger partial charge in [-0.05, 0) is 44.6 Å². The first-order chi connectivity index (χ1) is 14.1. The molecule has 3 aromatic heterocycles. The van der Waals surface area contributed by atoms with Gasteiger partial charge >= 0.3 is 0 Å². The lowest BCUT2D eigenvalue weighted by Gasteiger charge is -2.12. The zero-order chi connectivity index (χ0) is 20.2. The van der Waals surface area contributed by atoms with Crippen molar-refractivity contribution in [2.45, 2.75) is 50.5 Å². The van der Waals surface area contributed by atoms with Gasteiger partial charge in [0.1, 0.15) is 23.3 Å². The maximum Gasteiger partial charge on any atom is 0.163 e. The highest BCUT2D eigenvalue weighted by molar-refractivity contribution is 5.70. The number of rotatable bonds is 7. The molecule has 4 N–H and O–H groups in total. The van der Waals surface area contributed by atoms with Crippen molar-refractivity contribution in [3.63, 3.8) is 0 Å². The third kappa shape index (κ3) is 2.91. The average molecular weight is 392 g/mol. The topological polar surface area (TPSA) is 130 Å². The van der Waals surface area contributed by atoms with Crippen molar-refractivity contribution in [3.8, 4) is 6.07 Å². The lowest BCUT2D eigenvalue weighted by Crippen LogP contribution is -2.22. The molecule has 0 amide bonds. The molecular weight excluding hydrogens is 368 g/mol. The van der Waals surface area contributed by atoms with E-state index in [1.54, 1.807) is 4.52 Å². The Morgan fingerprint density at radius 3 is 2.83 bits per heavy atom. The average Bonchev–Trinajstić information content (AvgIpc) is 3.63. The minimum Gasteiger partial charge on any atom is -0.394 e. The van der Waals surface area contributed by atoms with Crippen LogP contribution in [0.4, 0.5) is 11.6 Å². The molecule has 0 aliphatic heterocycles. The summed E-state index contributed by atoms with van der Waals surface area (Å²) in [6.45, 7) is 2.66. The number of aromatic nitrogens is 5. The Balaban J connectivity index is 1.37. The number of nitriles is 1. The number of aliphatic hydroxyl groups is 1. The van der Waals surface area contributed by atoms with E-state index in [4.69, 9.17) is 10.7 Å². The van der Waals surface area contributed by atoms with Gasteiger partial charge in [-0.25, -0.2) is 4.98 Å². The molecule has 150 valence electrons. The van der Waals surface area contributed by atoms with Crippen molar-refractivity contribution >= 4 is 17.3 Å². The number of fused-ring (bicyclic) bond motifs is 1.